The van der Waals surface area contributed by atoms with Crippen molar-refractivity contribution in [1.82, 2.24) is 15.1 Å². The van der Waals surface area contributed by atoms with Gasteiger partial charge in [-0.15, -0.1) is 0 Å². The molecule has 1 spiro atoms. The van der Waals surface area contributed by atoms with Crippen molar-refractivity contribution in [2.24, 2.45) is 0 Å². The number of methoxy groups -OCH3 is 1. The van der Waals surface area contributed by atoms with Crippen molar-refractivity contribution in [2.75, 3.05) is 26.8 Å². The normalized spacial score (nSPS) is 18.4. The van der Waals surface area contributed by atoms with E-state index in [0.717, 1.165) is 0 Å². The summed E-state index contributed by atoms with van der Waals surface area (Å²) < 4.78 is 30.2. The maximum absolute atomic E-state index is 13.7. The van der Waals surface area contributed by atoms with Crippen molar-refractivity contribution in [3.05, 3.63) is 89.6 Å². The predicted octanol–water partition coefficient (Wildman–Crippen LogP) is 3.22. The van der Waals surface area contributed by atoms with Gasteiger partial charge in [0, 0.05) is 37.1 Å². The largest absolute Gasteiger partial charge is 0.497 e. The van der Waals surface area contributed by atoms with E-state index in [4.69, 9.17) is 13.9 Å². The molecule has 1 atom stereocenters. The molecule has 10 heteroatoms. The second-order valence-electron chi connectivity index (χ2n) is 9.27. The molecular formula is C28H28FN3O6. The van der Waals surface area contributed by atoms with Crippen LogP contribution in [0.5, 0.6) is 5.75 Å². The second-order valence-corrected chi connectivity index (χ2v) is 9.27. The van der Waals surface area contributed by atoms with Gasteiger partial charge in [0.15, 0.2) is 0 Å². The Balaban J connectivity index is 1.35. The summed E-state index contributed by atoms with van der Waals surface area (Å²) in [6.45, 7) is 0.832. The van der Waals surface area contributed by atoms with E-state index in [2.05, 4.69) is 5.32 Å². The number of nitrogens with zero attached hydrogens (tertiary/aromatic N) is 2. The van der Waals surface area contributed by atoms with Crippen LogP contribution in [0, 0.1) is 5.82 Å². The molecule has 2 aliphatic rings. The van der Waals surface area contributed by atoms with Gasteiger partial charge < -0.3 is 24.1 Å². The minimum Gasteiger partial charge on any atom is -0.497 e. The van der Waals surface area contributed by atoms with Gasteiger partial charge in [0.25, 0.3) is 11.8 Å². The highest BCUT2D eigenvalue weighted by Gasteiger charge is 2.54. The molecule has 0 radical (unpaired) electrons. The molecule has 2 saturated heterocycles. The molecular weight excluding hydrogens is 493 g/mol. The lowest BCUT2D eigenvalue weighted by Gasteiger charge is -2.44. The topological polar surface area (TPSA) is 101 Å². The van der Waals surface area contributed by atoms with Crippen molar-refractivity contribution in [1.29, 1.82) is 0 Å². The summed E-state index contributed by atoms with van der Waals surface area (Å²) in [6.07, 6.45) is 2.16. The number of furan rings is 1. The molecule has 198 valence electrons. The molecule has 5 rings (SSSR count). The van der Waals surface area contributed by atoms with Gasteiger partial charge in [-0.1, -0.05) is 0 Å². The maximum atomic E-state index is 13.7. The molecule has 2 aromatic carbocycles. The minimum atomic E-state index is -1.07. The fourth-order valence-electron chi connectivity index (χ4n) is 4.98. The van der Waals surface area contributed by atoms with Crippen LogP contribution < -0.4 is 10.1 Å². The van der Waals surface area contributed by atoms with E-state index in [9.17, 15) is 18.8 Å². The van der Waals surface area contributed by atoms with Crippen molar-refractivity contribution >= 4 is 17.7 Å². The Kier molecular flexibility index (Phi) is 7.15. The third kappa shape index (κ3) is 4.99. The Bertz CT molecular complexity index is 1290. The van der Waals surface area contributed by atoms with Crippen LogP contribution in [0.2, 0.25) is 0 Å². The van der Waals surface area contributed by atoms with Crippen LogP contribution in [0.3, 0.4) is 0 Å². The molecule has 38 heavy (non-hydrogen) atoms. The van der Waals surface area contributed by atoms with Gasteiger partial charge in [-0.25, -0.2) is 4.39 Å². The highest BCUT2D eigenvalue weighted by Crippen LogP contribution is 2.39. The molecule has 3 amide bonds. The first kappa shape index (κ1) is 25.5. The summed E-state index contributed by atoms with van der Waals surface area (Å²) in [5.74, 6) is -0.184. The van der Waals surface area contributed by atoms with Crippen LogP contribution in [0.15, 0.2) is 71.3 Å². The van der Waals surface area contributed by atoms with E-state index in [-0.39, 0.29) is 30.5 Å². The van der Waals surface area contributed by atoms with E-state index < -0.39 is 23.5 Å². The Labute approximate surface area is 219 Å². The van der Waals surface area contributed by atoms with Crippen LogP contribution >= 0.6 is 0 Å². The zero-order valence-electron chi connectivity index (χ0n) is 20.9. The van der Waals surface area contributed by atoms with Gasteiger partial charge in [-0.05, 0) is 60.7 Å². The number of nitrogens with one attached hydrogen (secondary N) is 1. The Morgan fingerprint density at radius 2 is 1.66 bits per heavy atom. The predicted molar refractivity (Wildman–Crippen MR) is 134 cm³/mol. The molecule has 9 nitrogen and oxygen atoms in total. The molecule has 1 N–H and O–H groups in total. The lowest BCUT2D eigenvalue weighted by molar-refractivity contribution is -0.128. The fraction of sp³-hybridized carbons (Fsp3) is 0.321. The first-order chi connectivity index (χ1) is 18.4. The Morgan fingerprint density at radius 1 is 1.00 bits per heavy atom. The van der Waals surface area contributed by atoms with Crippen molar-refractivity contribution in [3.8, 4) is 5.75 Å². The van der Waals surface area contributed by atoms with Crippen LogP contribution in [0.1, 0.15) is 39.3 Å². The molecule has 1 unspecified atom stereocenters. The number of ether oxygens (including phenoxy) is 2. The van der Waals surface area contributed by atoms with Gasteiger partial charge in [-0.3, -0.25) is 19.3 Å². The number of rotatable bonds is 6. The smallest absolute Gasteiger partial charge is 0.256 e. The lowest BCUT2D eigenvalue weighted by atomic mass is 9.96. The van der Waals surface area contributed by atoms with Crippen LogP contribution in [-0.4, -0.2) is 66.1 Å². The first-order valence-corrected chi connectivity index (χ1v) is 12.4. The number of hydrogen-bond acceptors (Lipinski definition) is 6. The third-order valence-electron chi connectivity index (χ3n) is 7.06. The molecule has 1 aromatic heterocycles. The fourth-order valence-corrected chi connectivity index (χ4v) is 4.98. The highest BCUT2D eigenvalue weighted by molar-refractivity contribution is 5.98. The summed E-state index contributed by atoms with van der Waals surface area (Å²) in [5.41, 5.74) is -0.296. The number of benzene rings is 2. The third-order valence-corrected chi connectivity index (χ3v) is 7.06. The van der Waals surface area contributed by atoms with Crippen molar-refractivity contribution in [3.63, 3.8) is 0 Å². The molecule has 0 saturated carbocycles. The molecule has 0 aliphatic carbocycles. The van der Waals surface area contributed by atoms with Gasteiger partial charge >= 0.3 is 0 Å². The number of piperidine rings is 1. The minimum absolute atomic E-state index is 0.00332. The average Bonchev–Trinajstić information content (AvgIpc) is 3.60. The van der Waals surface area contributed by atoms with E-state index in [0.29, 0.717) is 43.0 Å². The summed E-state index contributed by atoms with van der Waals surface area (Å²) in [5, 5.41) is 2.81. The number of hydrogen-bond donors (Lipinski definition) is 1. The van der Waals surface area contributed by atoms with Crippen LogP contribution in [-0.2, 0) is 16.1 Å². The molecule has 3 heterocycles. The molecule has 2 fully saturated rings. The van der Waals surface area contributed by atoms with Gasteiger partial charge in [-0.2, -0.15) is 0 Å². The second kappa shape index (κ2) is 10.7. The van der Waals surface area contributed by atoms with Gasteiger partial charge in [0.2, 0.25) is 5.91 Å². The zero-order valence-corrected chi connectivity index (χ0v) is 20.9. The lowest BCUT2D eigenvalue weighted by Crippen LogP contribution is -2.59. The average molecular weight is 522 g/mol. The Hall–Kier alpha value is -4.18. The first-order valence-electron chi connectivity index (χ1n) is 12.4. The Morgan fingerprint density at radius 3 is 2.29 bits per heavy atom. The highest BCUT2D eigenvalue weighted by atomic mass is 19.1. The number of halogens is 1. The molecule has 3 aromatic rings. The van der Waals surface area contributed by atoms with E-state index in [1.807, 2.05) is 0 Å². The summed E-state index contributed by atoms with van der Waals surface area (Å²) >= 11 is 0. The maximum Gasteiger partial charge on any atom is 0.256 e. The standard InChI is InChI=1S/C28H28FN3O6/c1-36-22-10-6-19(7-11-22)26(34)31-14-12-28(13-15-31)32(27(35)20-4-8-21(29)9-5-20)24(18-38-28)25(33)30-17-23-3-2-16-37-23/h2-11,16,24H,12-15,17-18H2,1H3,(H,30,33). The number of carbonyl (C=O) groups is 3. The van der Waals surface area contributed by atoms with E-state index in [1.54, 1.807) is 48.4 Å². The van der Waals surface area contributed by atoms with Crippen LogP contribution in [0.4, 0.5) is 4.39 Å². The van der Waals surface area contributed by atoms with Gasteiger partial charge in [0.1, 0.15) is 29.1 Å². The monoisotopic (exact) mass is 521 g/mol. The van der Waals surface area contributed by atoms with Gasteiger partial charge in [0.05, 0.1) is 26.5 Å². The quantitative estimate of drug-likeness (QED) is 0.535. The SMILES string of the molecule is COc1ccc(C(=O)N2CCC3(CC2)OCC(C(=O)NCc2ccco2)N3C(=O)c2ccc(F)cc2)cc1. The van der Waals surface area contributed by atoms with Crippen molar-refractivity contribution in [2.45, 2.75) is 31.2 Å². The molecule has 2 aliphatic heterocycles. The summed E-state index contributed by atoms with van der Waals surface area (Å²) in [4.78, 5) is 43.2. The number of likely N-dealkylation sites (tertiary alicyclic amines) is 1. The van der Waals surface area contributed by atoms with Crippen LogP contribution in [0.25, 0.3) is 0 Å². The number of carbonyl (C=O) groups excluding carboxylic acids is 3. The summed E-state index contributed by atoms with van der Waals surface area (Å²) in [6, 6.07) is 14.6. The summed E-state index contributed by atoms with van der Waals surface area (Å²) in [7, 11) is 1.56. The van der Waals surface area contributed by atoms with Crippen molar-refractivity contribution < 1.29 is 32.7 Å². The molecule has 0 bridgehead atoms. The van der Waals surface area contributed by atoms with E-state index >= 15 is 0 Å². The zero-order chi connectivity index (χ0) is 26.7. The number of amides is 3. The van der Waals surface area contributed by atoms with E-state index in [1.165, 1.54) is 35.4 Å².